The highest BCUT2D eigenvalue weighted by atomic mass is 32.2. The van der Waals surface area contributed by atoms with Crippen LogP contribution in [0.4, 0.5) is 4.79 Å². The zero-order valence-corrected chi connectivity index (χ0v) is 21.6. The summed E-state index contributed by atoms with van der Waals surface area (Å²) in [6.45, 7) is 6.79. The molecule has 0 aliphatic rings. The number of nitrogens with zero attached hydrogens (tertiary/aromatic N) is 2. The third kappa shape index (κ3) is 9.12. The maximum Gasteiger partial charge on any atom is 0.407 e. The van der Waals surface area contributed by atoms with E-state index in [1.807, 2.05) is 18.2 Å². The third-order valence-corrected chi connectivity index (χ3v) is 5.70. The van der Waals surface area contributed by atoms with Gasteiger partial charge in [-0.1, -0.05) is 17.3 Å². The second-order valence-corrected chi connectivity index (χ2v) is 9.62. The van der Waals surface area contributed by atoms with Gasteiger partial charge in [-0.2, -0.15) is 16.7 Å². The van der Waals surface area contributed by atoms with E-state index in [1.165, 1.54) is 25.8 Å². The molecule has 0 aliphatic heterocycles. The molecule has 0 radical (unpaired) electrons. The lowest BCUT2D eigenvalue weighted by atomic mass is 10.1. The molecule has 1 heterocycles. The molecular weight excluding hydrogens is 476 g/mol. The van der Waals surface area contributed by atoms with Crippen LogP contribution in [0.2, 0.25) is 0 Å². The number of nitrogens with one attached hydrogen (secondary N) is 2. The lowest BCUT2D eigenvalue weighted by molar-refractivity contribution is -0.144. The van der Waals surface area contributed by atoms with Crippen molar-refractivity contribution in [1.82, 2.24) is 20.8 Å². The third-order valence-electron chi connectivity index (χ3n) is 4.50. The highest BCUT2D eigenvalue weighted by Crippen LogP contribution is 2.29. The number of aromatic nitrogens is 2. The Morgan fingerprint density at radius 3 is 2.49 bits per heavy atom. The monoisotopic (exact) mass is 508 g/mol. The van der Waals surface area contributed by atoms with Crippen molar-refractivity contribution in [3.63, 3.8) is 0 Å². The highest BCUT2D eigenvalue weighted by molar-refractivity contribution is 7.99. The minimum Gasteiger partial charge on any atom is -0.496 e. The number of thioether (sulfide) groups is 1. The van der Waals surface area contributed by atoms with Gasteiger partial charge >= 0.3 is 12.1 Å². The maximum absolute atomic E-state index is 12.2. The second-order valence-electron chi connectivity index (χ2n) is 8.55. The number of benzene rings is 1. The summed E-state index contributed by atoms with van der Waals surface area (Å²) in [6.07, 6.45) is -0.581. The van der Waals surface area contributed by atoms with Crippen molar-refractivity contribution < 1.29 is 33.1 Å². The SMILES string of the molecule is COC(=O)C(CSCC(CNC(=O)OC(C)(C)C)c1nc(-c2ccccc2OC)no1)NC(C)=O. The molecule has 2 unspecified atom stereocenters. The Morgan fingerprint density at radius 1 is 1.14 bits per heavy atom. The number of carbonyl (C=O) groups is 3. The number of esters is 1. The van der Waals surface area contributed by atoms with E-state index >= 15 is 0 Å². The second kappa shape index (κ2) is 13.0. The highest BCUT2D eigenvalue weighted by Gasteiger charge is 2.26. The minimum atomic E-state index is -0.811. The van der Waals surface area contributed by atoms with Gasteiger partial charge in [0.1, 0.15) is 17.4 Å². The van der Waals surface area contributed by atoms with E-state index in [-0.39, 0.29) is 18.2 Å². The molecule has 0 aliphatic carbocycles. The predicted molar refractivity (Wildman–Crippen MR) is 130 cm³/mol. The van der Waals surface area contributed by atoms with E-state index in [1.54, 1.807) is 33.9 Å². The number of hydrogen-bond donors (Lipinski definition) is 2. The molecule has 0 saturated carbocycles. The van der Waals surface area contributed by atoms with Crippen molar-refractivity contribution >= 4 is 29.7 Å². The van der Waals surface area contributed by atoms with Gasteiger partial charge in [-0.25, -0.2) is 9.59 Å². The van der Waals surface area contributed by atoms with Crippen molar-refractivity contribution in [2.24, 2.45) is 0 Å². The summed E-state index contributed by atoms with van der Waals surface area (Å²) < 4.78 is 21.0. The average Bonchev–Trinajstić information content (AvgIpc) is 3.28. The van der Waals surface area contributed by atoms with E-state index in [0.717, 1.165) is 0 Å². The molecule has 2 aromatic rings. The summed E-state index contributed by atoms with van der Waals surface area (Å²) in [7, 11) is 2.81. The first-order chi connectivity index (χ1) is 16.5. The summed E-state index contributed by atoms with van der Waals surface area (Å²) in [6, 6.07) is 6.46. The predicted octanol–water partition coefficient (Wildman–Crippen LogP) is 2.76. The van der Waals surface area contributed by atoms with E-state index in [0.29, 0.717) is 28.8 Å². The van der Waals surface area contributed by atoms with Gasteiger partial charge in [0.05, 0.1) is 25.7 Å². The van der Waals surface area contributed by atoms with Gasteiger partial charge in [0.2, 0.25) is 17.6 Å². The molecule has 0 bridgehead atoms. The van der Waals surface area contributed by atoms with Crippen LogP contribution >= 0.6 is 11.8 Å². The van der Waals surface area contributed by atoms with Crippen LogP contribution in [-0.4, -0.2) is 72.0 Å². The van der Waals surface area contributed by atoms with Crippen molar-refractivity contribution in [3.8, 4) is 17.1 Å². The molecule has 2 amide bonds. The number of rotatable bonds is 11. The summed E-state index contributed by atoms with van der Waals surface area (Å²) >= 11 is 1.37. The Kier molecular flexibility index (Phi) is 10.4. The van der Waals surface area contributed by atoms with E-state index < -0.39 is 29.6 Å². The van der Waals surface area contributed by atoms with Crippen LogP contribution in [-0.2, 0) is 19.1 Å². The van der Waals surface area contributed by atoms with Crippen LogP contribution in [0.3, 0.4) is 0 Å². The number of amides is 2. The van der Waals surface area contributed by atoms with Crippen LogP contribution in [0, 0.1) is 0 Å². The van der Waals surface area contributed by atoms with Gasteiger partial charge < -0.3 is 29.4 Å². The first-order valence-electron chi connectivity index (χ1n) is 10.9. The molecule has 0 fully saturated rings. The molecule has 1 aromatic heterocycles. The number of alkyl carbamates (subject to hydrolysis) is 1. The zero-order chi connectivity index (χ0) is 26.0. The number of para-hydroxylation sites is 1. The Balaban J connectivity index is 2.17. The van der Waals surface area contributed by atoms with E-state index in [4.69, 9.17) is 18.7 Å². The maximum atomic E-state index is 12.2. The Labute approximate surface area is 208 Å². The molecule has 1 aromatic carbocycles. The topological polar surface area (TPSA) is 142 Å². The molecule has 192 valence electrons. The van der Waals surface area contributed by atoms with Gasteiger partial charge in [-0.05, 0) is 32.9 Å². The number of ether oxygens (including phenoxy) is 3. The van der Waals surface area contributed by atoms with Crippen molar-refractivity contribution in [1.29, 1.82) is 0 Å². The largest absolute Gasteiger partial charge is 0.496 e. The Morgan fingerprint density at radius 2 is 1.86 bits per heavy atom. The van der Waals surface area contributed by atoms with Crippen molar-refractivity contribution in [3.05, 3.63) is 30.2 Å². The van der Waals surface area contributed by atoms with Crippen LogP contribution < -0.4 is 15.4 Å². The molecular formula is C23H32N4O7S. The fraction of sp³-hybridized carbons (Fsp3) is 0.522. The molecule has 2 N–H and O–H groups in total. The van der Waals surface area contributed by atoms with E-state index in [2.05, 4.69) is 20.8 Å². The van der Waals surface area contributed by atoms with Gasteiger partial charge in [-0.15, -0.1) is 0 Å². The normalized spacial score (nSPS) is 12.9. The minimum absolute atomic E-state index is 0.151. The van der Waals surface area contributed by atoms with Gasteiger partial charge in [0.15, 0.2) is 0 Å². The van der Waals surface area contributed by atoms with E-state index in [9.17, 15) is 14.4 Å². The summed E-state index contributed by atoms with van der Waals surface area (Å²) in [5.74, 6) is 0.584. The van der Waals surface area contributed by atoms with Crippen LogP contribution in [0.15, 0.2) is 28.8 Å². The number of carbonyl (C=O) groups excluding carboxylic acids is 3. The lowest BCUT2D eigenvalue weighted by Crippen LogP contribution is -2.42. The molecule has 11 nitrogen and oxygen atoms in total. The standard InChI is InChI=1S/C23H32N4O7S/c1-14(28)25-17(21(29)32-6)13-35-12-15(11-24-22(30)33-23(2,3)4)20-26-19(27-34-20)16-9-7-8-10-18(16)31-5/h7-10,15,17H,11-13H2,1-6H3,(H,24,30)(H,25,28). The van der Waals surface area contributed by atoms with Crippen LogP contribution in [0.5, 0.6) is 5.75 Å². The fourth-order valence-electron chi connectivity index (χ4n) is 2.96. The first kappa shape index (κ1) is 28.0. The molecule has 35 heavy (non-hydrogen) atoms. The van der Waals surface area contributed by atoms with Gasteiger partial charge in [0, 0.05) is 25.0 Å². The molecule has 0 saturated heterocycles. The first-order valence-corrected chi connectivity index (χ1v) is 12.1. The number of hydrogen-bond acceptors (Lipinski definition) is 10. The summed E-state index contributed by atoms with van der Waals surface area (Å²) in [4.78, 5) is 40.1. The molecule has 12 heteroatoms. The van der Waals surface area contributed by atoms with Crippen molar-refractivity contribution in [2.45, 2.75) is 45.3 Å². The number of methoxy groups -OCH3 is 2. The lowest BCUT2D eigenvalue weighted by Gasteiger charge is -2.21. The van der Waals surface area contributed by atoms with Gasteiger partial charge in [-0.3, -0.25) is 4.79 Å². The Bertz CT molecular complexity index is 1010. The van der Waals surface area contributed by atoms with Crippen LogP contribution in [0.1, 0.15) is 39.5 Å². The summed E-state index contributed by atoms with van der Waals surface area (Å²) in [5, 5.41) is 9.37. The zero-order valence-electron chi connectivity index (χ0n) is 20.7. The molecule has 2 rings (SSSR count). The van der Waals surface area contributed by atoms with Crippen molar-refractivity contribution in [2.75, 3.05) is 32.3 Å². The quantitative estimate of drug-likeness (QED) is 0.435. The Hall–Kier alpha value is -3.28. The smallest absolute Gasteiger partial charge is 0.407 e. The average molecular weight is 509 g/mol. The summed E-state index contributed by atoms with van der Waals surface area (Å²) in [5.41, 5.74) is 0.00926. The van der Waals surface area contributed by atoms with Crippen LogP contribution in [0.25, 0.3) is 11.4 Å². The van der Waals surface area contributed by atoms with Gasteiger partial charge in [0.25, 0.3) is 0 Å². The molecule has 0 spiro atoms. The molecule has 2 atom stereocenters. The fourth-order valence-corrected chi connectivity index (χ4v) is 4.10.